The fraction of sp³-hybridized carbons (Fsp3) is 0.385. The van der Waals surface area contributed by atoms with Gasteiger partial charge in [0.1, 0.15) is 5.82 Å². The first kappa shape index (κ1) is 26.9. The van der Waals surface area contributed by atoms with E-state index in [2.05, 4.69) is 70.1 Å². The number of nitrogens with zero attached hydrogens (tertiary/aromatic N) is 2. The molecule has 0 aliphatic heterocycles. The van der Waals surface area contributed by atoms with Gasteiger partial charge in [-0.25, -0.2) is 9.07 Å². The van der Waals surface area contributed by atoms with Crippen molar-refractivity contribution in [2.24, 2.45) is 11.3 Å². The summed E-state index contributed by atoms with van der Waals surface area (Å²) in [6.07, 6.45) is 0.954. The van der Waals surface area contributed by atoms with E-state index in [4.69, 9.17) is 16.4 Å². The third kappa shape index (κ3) is 7.15. The Kier molecular flexibility index (Phi) is 8.98. The van der Waals surface area contributed by atoms with Gasteiger partial charge in [0.2, 0.25) is 0 Å². The van der Waals surface area contributed by atoms with Crippen LogP contribution in [-0.4, -0.2) is 17.8 Å². The van der Waals surface area contributed by atoms with Gasteiger partial charge in [-0.2, -0.15) is 0 Å². The first-order valence-corrected chi connectivity index (χ1v) is 13.1. The largest absolute Gasteiger partial charge is 0.383 e. The number of hydrogen-bond donors (Lipinski definition) is 1. The topological polar surface area (TPSA) is 29.4 Å². The summed E-state index contributed by atoms with van der Waals surface area (Å²) in [6.45, 7) is 12.1. The summed E-state index contributed by atoms with van der Waals surface area (Å²) in [4.78, 5) is 6.44. The van der Waals surface area contributed by atoms with Gasteiger partial charge in [0.15, 0.2) is 5.75 Å². The van der Waals surface area contributed by atoms with Gasteiger partial charge >= 0.3 is 0 Å². The summed E-state index contributed by atoms with van der Waals surface area (Å²) >= 11 is 13.3. The lowest BCUT2D eigenvalue weighted by Crippen LogP contribution is -2.45. The van der Waals surface area contributed by atoms with E-state index in [1.54, 1.807) is 0 Å². The second-order valence-electron chi connectivity index (χ2n) is 9.74. The van der Waals surface area contributed by atoms with Crippen LogP contribution in [0.1, 0.15) is 38.6 Å². The number of hydrogen-bond acceptors (Lipinski definition) is 3. The van der Waals surface area contributed by atoms with E-state index in [0.717, 1.165) is 23.5 Å². The van der Waals surface area contributed by atoms with Crippen molar-refractivity contribution in [3.05, 3.63) is 79.7 Å². The van der Waals surface area contributed by atoms with E-state index in [1.165, 1.54) is 12.1 Å². The van der Waals surface area contributed by atoms with Crippen LogP contribution in [0.25, 0.3) is 0 Å². The second kappa shape index (κ2) is 11.4. The number of aromatic nitrogens is 1. The molecule has 0 bridgehead atoms. The lowest BCUT2D eigenvalue weighted by atomic mass is 9.84. The van der Waals surface area contributed by atoms with E-state index in [0.29, 0.717) is 32.8 Å². The normalized spacial score (nSPS) is 12.5. The van der Waals surface area contributed by atoms with Gasteiger partial charge in [0, 0.05) is 17.9 Å². The van der Waals surface area contributed by atoms with Crippen molar-refractivity contribution in [3.8, 4) is 5.75 Å². The van der Waals surface area contributed by atoms with Crippen molar-refractivity contribution >= 4 is 49.1 Å². The highest BCUT2D eigenvalue weighted by molar-refractivity contribution is 9.11. The number of anilines is 1. The summed E-state index contributed by atoms with van der Waals surface area (Å²) in [5.74, 6) is 0.387. The summed E-state index contributed by atoms with van der Waals surface area (Å²) in [6, 6.07) is 14.7. The van der Waals surface area contributed by atoms with Crippen LogP contribution < -0.4 is 15.3 Å². The lowest BCUT2D eigenvalue weighted by molar-refractivity contribution is 0.162. The lowest BCUT2D eigenvalue weighted by Gasteiger charge is -2.34. The van der Waals surface area contributed by atoms with Crippen molar-refractivity contribution in [2.45, 2.75) is 41.0 Å². The van der Waals surface area contributed by atoms with E-state index in [-0.39, 0.29) is 17.2 Å². The van der Waals surface area contributed by atoms with Gasteiger partial charge in [-0.15, -0.1) is 5.17 Å². The molecule has 0 radical (unpaired) electrons. The molecule has 184 valence electrons. The first-order valence-electron chi connectivity index (χ1n) is 11.2. The van der Waals surface area contributed by atoms with Gasteiger partial charge in [-0.1, -0.05) is 44.5 Å². The van der Waals surface area contributed by atoms with Gasteiger partial charge in [0.05, 0.1) is 26.2 Å². The maximum atomic E-state index is 13.9. The van der Waals surface area contributed by atoms with Gasteiger partial charge in [0.25, 0.3) is 0 Å². The highest BCUT2D eigenvalue weighted by atomic mass is 79.9. The molecule has 1 N–H and O–H groups in total. The molecule has 0 spiro atoms. The van der Waals surface area contributed by atoms with Crippen LogP contribution in [0.15, 0.2) is 57.5 Å². The molecule has 0 saturated heterocycles. The smallest absolute Gasteiger partial charge is 0.185 e. The quantitative estimate of drug-likeness (QED) is 0.245. The molecule has 0 unspecified atom stereocenters. The van der Waals surface area contributed by atoms with E-state index < -0.39 is 0 Å². The SMILES string of the molecule is Cc1ccc(C)n1N(C[C@H](CNc1ccccc1Cl)CC(C)(C)C)Oc1c(Br)cc(F)cc1Br. The average Bonchev–Trinajstić information content (AvgIpc) is 3.06. The third-order valence-electron chi connectivity index (χ3n) is 5.39. The molecule has 2 aromatic carbocycles. The Labute approximate surface area is 223 Å². The molecular weight excluding hydrogens is 585 g/mol. The van der Waals surface area contributed by atoms with Crippen LogP contribution in [-0.2, 0) is 0 Å². The maximum absolute atomic E-state index is 13.9. The molecule has 1 aromatic heterocycles. The summed E-state index contributed by atoms with van der Waals surface area (Å²) < 4.78 is 17.0. The zero-order valence-electron chi connectivity index (χ0n) is 20.1. The van der Waals surface area contributed by atoms with Crippen LogP contribution in [0.5, 0.6) is 5.75 Å². The Bertz CT molecular complexity index is 1090. The highest BCUT2D eigenvalue weighted by Gasteiger charge is 2.25. The van der Waals surface area contributed by atoms with E-state index in [9.17, 15) is 4.39 Å². The van der Waals surface area contributed by atoms with Crippen molar-refractivity contribution in [1.29, 1.82) is 0 Å². The molecule has 0 aliphatic rings. The van der Waals surface area contributed by atoms with Crippen LogP contribution >= 0.6 is 43.5 Å². The van der Waals surface area contributed by atoms with Crippen molar-refractivity contribution in [1.82, 2.24) is 4.68 Å². The Morgan fingerprint density at radius 1 is 1.06 bits per heavy atom. The number of rotatable bonds is 9. The zero-order valence-corrected chi connectivity index (χ0v) is 24.1. The highest BCUT2D eigenvalue weighted by Crippen LogP contribution is 2.35. The minimum atomic E-state index is -0.347. The Hall–Kier alpha value is -1.70. The third-order valence-corrected chi connectivity index (χ3v) is 6.89. The Morgan fingerprint density at radius 3 is 2.21 bits per heavy atom. The van der Waals surface area contributed by atoms with Crippen LogP contribution in [0.3, 0.4) is 0 Å². The fourth-order valence-electron chi connectivity index (χ4n) is 4.04. The molecule has 8 heteroatoms. The fourth-order valence-corrected chi connectivity index (χ4v) is 5.52. The molecule has 0 fully saturated rings. The van der Waals surface area contributed by atoms with Gasteiger partial charge in [-0.3, -0.25) is 0 Å². The predicted octanol–water partition coefficient (Wildman–Crippen LogP) is 8.52. The number of para-hydroxylation sites is 1. The molecule has 0 amide bonds. The number of halogens is 4. The molecule has 3 aromatic rings. The Balaban J connectivity index is 1.93. The number of aryl methyl sites for hydroxylation is 2. The number of hydroxylamine groups is 1. The number of benzene rings is 2. The first-order chi connectivity index (χ1) is 15.9. The molecule has 3 rings (SSSR count). The van der Waals surface area contributed by atoms with Crippen molar-refractivity contribution < 1.29 is 9.23 Å². The van der Waals surface area contributed by atoms with Gasteiger partial charge < -0.3 is 10.2 Å². The zero-order chi connectivity index (χ0) is 25.0. The number of nitrogens with one attached hydrogen (secondary N) is 1. The molecule has 0 aliphatic carbocycles. The van der Waals surface area contributed by atoms with Crippen LogP contribution in [0.4, 0.5) is 10.1 Å². The van der Waals surface area contributed by atoms with Gasteiger partial charge in [-0.05, 0) is 99.9 Å². The molecule has 4 nitrogen and oxygen atoms in total. The van der Waals surface area contributed by atoms with Crippen LogP contribution in [0, 0.1) is 31.0 Å². The maximum Gasteiger partial charge on any atom is 0.185 e. The van der Waals surface area contributed by atoms with E-state index >= 15 is 0 Å². The summed E-state index contributed by atoms with van der Waals surface area (Å²) in [7, 11) is 0. The minimum Gasteiger partial charge on any atom is -0.383 e. The molecular formula is C26H31Br2ClFN3O. The molecule has 34 heavy (non-hydrogen) atoms. The van der Waals surface area contributed by atoms with Crippen molar-refractivity contribution in [2.75, 3.05) is 23.6 Å². The Morgan fingerprint density at radius 2 is 1.65 bits per heavy atom. The monoisotopic (exact) mass is 613 g/mol. The standard InChI is InChI=1S/C26H31Br2ClFN3O/c1-17-10-11-18(2)33(17)32(34-25-21(27)12-20(30)13-22(25)28)16-19(14-26(3,4)5)15-31-24-9-7-6-8-23(24)29/h6-13,19,31H,14-16H2,1-5H3/t19-/m0/s1. The summed E-state index contributed by atoms with van der Waals surface area (Å²) in [5.41, 5.74) is 3.10. The van der Waals surface area contributed by atoms with Crippen molar-refractivity contribution in [3.63, 3.8) is 0 Å². The molecule has 1 heterocycles. The van der Waals surface area contributed by atoms with E-state index in [1.807, 2.05) is 48.0 Å². The summed E-state index contributed by atoms with van der Waals surface area (Å²) in [5, 5.41) is 6.07. The van der Waals surface area contributed by atoms with Crippen LogP contribution in [0.2, 0.25) is 5.02 Å². The predicted molar refractivity (Wildman–Crippen MR) is 147 cm³/mol. The molecule has 1 atom stereocenters. The molecule has 0 saturated carbocycles. The minimum absolute atomic E-state index is 0.107. The second-order valence-corrected chi connectivity index (χ2v) is 11.9. The average molecular weight is 616 g/mol.